The van der Waals surface area contributed by atoms with Crippen molar-refractivity contribution in [2.75, 3.05) is 0 Å². The smallest absolute Gasteiger partial charge is 0.425 e. The number of aromatic nitrogens is 5. The fourth-order valence-electron chi connectivity index (χ4n) is 3.90. The van der Waals surface area contributed by atoms with Gasteiger partial charge in [0.25, 0.3) is 17.5 Å². The minimum absolute atomic E-state index is 0.0520. The van der Waals surface area contributed by atoms with Gasteiger partial charge in [0.15, 0.2) is 17.1 Å². The van der Waals surface area contributed by atoms with Crippen molar-refractivity contribution < 1.29 is 36.2 Å². The van der Waals surface area contributed by atoms with Crippen LogP contribution in [0.3, 0.4) is 0 Å². The standard InChI is InChI=1S/C24H19F6N5O4/c1-11(39-18-9-33-34-22(37)19(18)24(28,29)30)4-14(36)10-35-3-2-12-5-16(17(25)6-15(12)23(35)38)21-31-7-13(8-32-21)20(26)27/h2-3,5-9,11,14,20,36H,4,10H2,1H3,(H,34,37)/t11-,14+/m0/s1. The molecule has 2 atom stereocenters. The van der Waals surface area contributed by atoms with Crippen LogP contribution in [-0.4, -0.2) is 42.0 Å². The van der Waals surface area contributed by atoms with Crippen molar-refractivity contribution in [1.29, 1.82) is 0 Å². The lowest BCUT2D eigenvalue weighted by atomic mass is 10.1. The molecular weight excluding hydrogens is 536 g/mol. The van der Waals surface area contributed by atoms with Crippen LogP contribution >= 0.6 is 0 Å². The summed E-state index contributed by atoms with van der Waals surface area (Å²) in [6.45, 7) is 1.06. The first kappa shape index (κ1) is 27.8. The number of alkyl halides is 5. The van der Waals surface area contributed by atoms with Gasteiger partial charge in [-0.2, -0.15) is 18.3 Å². The second-order valence-electron chi connectivity index (χ2n) is 8.59. The average molecular weight is 555 g/mol. The van der Waals surface area contributed by atoms with Crippen LogP contribution in [0.15, 0.2) is 52.6 Å². The fraction of sp³-hybridized carbons (Fsp3) is 0.292. The van der Waals surface area contributed by atoms with Gasteiger partial charge in [0.1, 0.15) is 5.82 Å². The summed E-state index contributed by atoms with van der Waals surface area (Å²) in [5, 5.41) is 15.7. The highest BCUT2D eigenvalue weighted by molar-refractivity contribution is 5.85. The van der Waals surface area contributed by atoms with E-state index in [1.807, 2.05) is 0 Å². The quantitative estimate of drug-likeness (QED) is 0.317. The molecule has 0 radical (unpaired) electrons. The maximum atomic E-state index is 14.8. The van der Waals surface area contributed by atoms with Gasteiger partial charge in [-0.1, -0.05) is 0 Å². The van der Waals surface area contributed by atoms with Crippen molar-refractivity contribution in [3.05, 3.63) is 80.6 Å². The molecule has 0 spiro atoms. The number of hydrogen-bond donors (Lipinski definition) is 2. The molecule has 3 heterocycles. The maximum absolute atomic E-state index is 14.8. The van der Waals surface area contributed by atoms with E-state index in [1.54, 1.807) is 5.10 Å². The molecule has 0 saturated carbocycles. The molecule has 0 unspecified atom stereocenters. The van der Waals surface area contributed by atoms with Crippen LogP contribution in [0.1, 0.15) is 30.9 Å². The normalized spacial score (nSPS) is 13.6. The molecule has 0 amide bonds. The third kappa shape index (κ3) is 6.08. The van der Waals surface area contributed by atoms with Crippen molar-refractivity contribution >= 4 is 10.8 Å². The van der Waals surface area contributed by atoms with E-state index < -0.39 is 58.6 Å². The molecule has 0 bridgehead atoms. The Kier molecular flexibility index (Phi) is 7.72. The molecule has 3 aromatic heterocycles. The van der Waals surface area contributed by atoms with E-state index in [4.69, 9.17) is 4.74 Å². The first-order chi connectivity index (χ1) is 18.3. The van der Waals surface area contributed by atoms with Crippen LogP contribution in [0.25, 0.3) is 22.2 Å². The van der Waals surface area contributed by atoms with Crippen LogP contribution in [-0.2, 0) is 12.7 Å². The monoisotopic (exact) mass is 555 g/mol. The zero-order chi connectivity index (χ0) is 28.5. The summed E-state index contributed by atoms with van der Waals surface area (Å²) in [5.74, 6) is -1.85. The molecule has 1 aromatic carbocycles. The number of aliphatic hydroxyl groups excluding tert-OH is 1. The zero-order valence-electron chi connectivity index (χ0n) is 19.9. The Bertz CT molecular complexity index is 1600. The predicted molar refractivity (Wildman–Crippen MR) is 125 cm³/mol. The molecular formula is C24H19F6N5O4. The molecule has 15 heteroatoms. The van der Waals surface area contributed by atoms with Gasteiger partial charge in [-0.05, 0) is 30.5 Å². The molecule has 0 aliphatic heterocycles. The molecule has 2 N–H and O–H groups in total. The Morgan fingerprint density at radius 3 is 2.46 bits per heavy atom. The molecule has 9 nitrogen and oxygen atoms in total. The second-order valence-corrected chi connectivity index (χ2v) is 8.59. The second kappa shape index (κ2) is 10.8. The van der Waals surface area contributed by atoms with Crippen molar-refractivity contribution in [3.63, 3.8) is 0 Å². The number of ether oxygens (including phenoxy) is 1. The molecule has 0 aliphatic rings. The largest absolute Gasteiger partial charge is 0.488 e. The highest BCUT2D eigenvalue weighted by Crippen LogP contribution is 2.33. The third-order valence-electron chi connectivity index (χ3n) is 5.67. The number of H-pyrrole nitrogens is 1. The Balaban J connectivity index is 1.51. The van der Waals surface area contributed by atoms with E-state index >= 15 is 0 Å². The molecule has 4 aromatic rings. The molecule has 39 heavy (non-hydrogen) atoms. The van der Waals surface area contributed by atoms with Gasteiger partial charge in [-0.25, -0.2) is 28.2 Å². The molecule has 4 rings (SSSR count). The first-order valence-corrected chi connectivity index (χ1v) is 11.3. The Labute approximate surface area is 214 Å². The molecule has 206 valence electrons. The van der Waals surface area contributed by atoms with E-state index in [1.165, 1.54) is 25.3 Å². The summed E-state index contributed by atoms with van der Waals surface area (Å²) in [6, 6.07) is 3.68. The lowest BCUT2D eigenvalue weighted by Crippen LogP contribution is -2.31. The van der Waals surface area contributed by atoms with Crippen molar-refractivity contribution in [2.45, 2.75) is 44.7 Å². The minimum atomic E-state index is -5.00. The molecule has 0 aliphatic carbocycles. The van der Waals surface area contributed by atoms with E-state index in [0.717, 1.165) is 23.0 Å². The lowest BCUT2D eigenvalue weighted by Gasteiger charge is -2.20. The molecule has 0 saturated heterocycles. The number of nitrogens with zero attached hydrogens (tertiary/aromatic N) is 4. The first-order valence-electron chi connectivity index (χ1n) is 11.3. The van der Waals surface area contributed by atoms with Crippen LogP contribution < -0.4 is 15.9 Å². The summed E-state index contributed by atoms with van der Waals surface area (Å²) in [7, 11) is 0. The van der Waals surface area contributed by atoms with Gasteiger partial charge in [0.05, 0.1) is 41.5 Å². The van der Waals surface area contributed by atoms with Crippen LogP contribution in [0, 0.1) is 5.82 Å². The fourth-order valence-corrected chi connectivity index (χ4v) is 3.90. The lowest BCUT2D eigenvalue weighted by molar-refractivity contribution is -0.140. The van der Waals surface area contributed by atoms with E-state index in [9.17, 15) is 41.0 Å². The van der Waals surface area contributed by atoms with Gasteiger partial charge in [-0.3, -0.25) is 9.59 Å². The number of fused-ring (bicyclic) bond motifs is 1. The van der Waals surface area contributed by atoms with Crippen LogP contribution in [0.4, 0.5) is 26.3 Å². The van der Waals surface area contributed by atoms with Crippen LogP contribution in [0.2, 0.25) is 0 Å². The highest BCUT2D eigenvalue weighted by Gasteiger charge is 2.38. The van der Waals surface area contributed by atoms with Crippen LogP contribution in [0.5, 0.6) is 5.75 Å². The van der Waals surface area contributed by atoms with Gasteiger partial charge in [0.2, 0.25) is 0 Å². The van der Waals surface area contributed by atoms with E-state index in [2.05, 4.69) is 15.1 Å². The number of hydrogen-bond acceptors (Lipinski definition) is 7. The van der Waals surface area contributed by atoms with Gasteiger partial charge in [-0.15, -0.1) is 0 Å². The average Bonchev–Trinajstić information content (AvgIpc) is 2.85. The number of nitrogens with one attached hydrogen (secondary N) is 1. The maximum Gasteiger partial charge on any atom is 0.425 e. The van der Waals surface area contributed by atoms with Crippen molar-refractivity contribution in [1.82, 2.24) is 24.7 Å². The number of pyridine rings is 1. The summed E-state index contributed by atoms with van der Waals surface area (Å²) in [5.41, 5.74) is -4.27. The summed E-state index contributed by atoms with van der Waals surface area (Å²) in [6.07, 6.45) is -6.55. The topological polar surface area (TPSA) is 123 Å². The van der Waals surface area contributed by atoms with Gasteiger partial charge < -0.3 is 14.4 Å². The van der Waals surface area contributed by atoms with Gasteiger partial charge >= 0.3 is 6.18 Å². The number of rotatable bonds is 8. The van der Waals surface area contributed by atoms with Crippen molar-refractivity contribution in [3.8, 4) is 17.1 Å². The minimum Gasteiger partial charge on any atom is -0.488 e. The Morgan fingerprint density at radius 2 is 1.82 bits per heavy atom. The number of aliphatic hydroxyl groups is 1. The molecule has 0 fully saturated rings. The summed E-state index contributed by atoms with van der Waals surface area (Å²) >= 11 is 0. The predicted octanol–water partition coefficient (Wildman–Crippen LogP) is 3.86. The number of halogens is 6. The Morgan fingerprint density at radius 1 is 1.13 bits per heavy atom. The van der Waals surface area contributed by atoms with Gasteiger partial charge in [0, 0.05) is 25.0 Å². The summed E-state index contributed by atoms with van der Waals surface area (Å²) in [4.78, 5) is 32.0. The Hall–Kier alpha value is -4.27. The zero-order valence-corrected chi connectivity index (χ0v) is 19.9. The SMILES string of the molecule is C[C@@H](C[C@@H](O)Cn1ccc2cc(-c3ncc(C(F)F)cn3)c(F)cc2c1=O)Oc1cn[nH]c(=O)c1C(F)(F)F. The third-order valence-corrected chi connectivity index (χ3v) is 5.67. The van der Waals surface area contributed by atoms with E-state index in [-0.39, 0.29) is 29.7 Å². The van der Waals surface area contributed by atoms with E-state index in [0.29, 0.717) is 11.6 Å². The summed E-state index contributed by atoms with van der Waals surface area (Å²) < 4.78 is 86.2. The van der Waals surface area contributed by atoms with Crippen molar-refractivity contribution in [2.24, 2.45) is 0 Å². The number of aromatic amines is 1. The highest BCUT2D eigenvalue weighted by atomic mass is 19.4. The number of benzene rings is 1.